The van der Waals surface area contributed by atoms with E-state index in [2.05, 4.69) is 15.9 Å². The van der Waals surface area contributed by atoms with Gasteiger partial charge >= 0.3 is 5.97 Å². The number of rotatable bonds is 6. The molecule has 1 unspecified atom stereocenters. The second kappa shape index (κ2) is 9.06. The number of carbonyl (C=O) groups is 1. The van der Waals surface area contributed by atoms with Crippen molar-refractivity contribution >= 4 is 45.4 Å². The molecule has 0 bridgehead atoms. The molecule has 1 aliphatic heterocycles. The van der Waals surface area contributed by atoms with E-state index in [1.165, 1.54) is 5.56 Å². The summed E-state index contributed by atoms with van der Waals surface area (Å²) in [6.07, 6.45) is -0.735. The predicted octanol–water partition coefficient (Wildman–Crippen LogP) is 5.31. The molecule has 1 saturated heterocycles. The van der Waals surface area contributed by atoms with Crippen molar-refractivity contribution in [1.82, 2.24) is 0 Å². The maximum absolute atomic E-state index is 12.4. The molecule has 0 spiro atoms. The number of hydrogen-bond donors (Lipinski definition) is 0. The van der Waals surface area contributed by atoms with Gasteiger partial charge in [-0.2, -0.15) is 0 Å². The van der Waals surface area contributed by atoms with Crippen molar-refractivity contribution in [1.29, 1.82) is 0 Å². The Morgan fingerprint density at radius 1 is 1.12 bits per heavy atom. The molecule has 1 atom stereocenters. The van der Waals surface area contributed by atoms with Crippen molar-refractivity contribution < 1.29 is 19.0 Å². The van der Waals surface area contributed by atoms with Crippen LogP contribution < -0.4 is 14.2 Å². The van der Waals surface area contributed by atoms with Crippen molar-refractivity contribution in [3.63, 3.8) is 0 Å². The zero-order valence-corrected chi connectivity index (χ0v) is 17.7. The van der Waals surface area contributed by atoms with Crippen LogP contribution in [0.5, 0.6) is 17.2 Å². The number of halogens is 1. The Kier molecular flexibility index (Phi) is 6.78. The number of ether oxygens (including phenoxy) is 3. The molecule has 4 nitrogen and oxygen atoms in total. The molecule has 7 heteroatoms. The molecule has 0 aromatic heterocycles. The molecule has 26 heavy (non-hydrogen) atoms. The highest BCUT2D eigenvalue weighted by atomic mass is 79.9. The minimum absolute atomic E-state index is 0.403. The van der Waals surface area contributed by atoms with Crippen molar-refractivity contribution in [3.05, 3.63) is 52.5 Å². The lowest BCUT2D eigenvalue weighted by molar-refractivity contribution is -0.141. The Hall–Kier alpha value is -1.31. The Morgan fingerprint density at radius 3 is 2.46 bits per heavy atom. The van der Waals surface area contributed by atoms with Crippen LogP contribution in [0.3, 0.4) is 0 Å². The quantitative estimate of drug-likeness (QED) is 0.435. The van der Waals surface area contributed by atoms with Crippen molar-refractivity contribution in [2.45, 2.75) is 17.6 Å². The SMILES string of the molecule is COc1cc(C2SCCS2)ccc1OC(=O)C(C)Oc1ccc(Br)cc1. The summed E-state index contributed by atoms with van der Waals surface area (Å²) >= 11 is 7.20. The molecule has 0 N–H and O–H groups in total. The fourth-order valence-electron chi connectivity index (χ4n) is 2.42. The normalized spacial score (nSPS) is 15.5. The average Bonchev–Trinajstić information content (AvgIpc) is 3.18. The van der Waals surface area contributed by atoms with Crippen molar-refractivity contribution in [2.75, 3.05) is 18.6 Å². The smallest absolute Gasteiger partial charge is 0.352 e. The molecule has 2 aromatic rings. The molecule has 0 amide bonds. The average molecular weight is 455 g/mol. The summed E-state index contributed by atoms with van der Waals surface area (Å²) in [5.41, 5.74) is 1.17. The van der Waals surface area contributed by atoms with Gasteiger partial charge in [0.15, 0.2) is 17.6 Å². The highest BCUT2D eigenvalue weighted by molar-refractivity contribution is 9.10. The Labute approximate surface area is 170 Å². The summed E-state index contributed by atoms with van der Waals surface area (Å²) in [6.45, 7) is 1.66. The van der Waals surface area contributed by atoms with E-state index in [1.807, 2.05) is 47.8 Å². The molecule has 0 aliphatic carbocycles. The molecule has 1 heterocycles. The third-order valence-electron chi connectivity index (χ3n) is 3.75. The lowest BCUT2D eigenvalue weighted by Crippen LogP contribution is -2.28. The summed E-state index contributed by atoms with van der Waals surface area (Å²) in [7, 11) is 1.58. The zero-order valence-electron chi connectivity index (χ0n) is 14.4. The number of carbonyl (C=O) groups excluding carboxylic acids is 1. The van der Waals surface area contributed by atoms with Crippen LogP contribution in [0, 0.1) is 0 Å². The second-order valence-corrected chi connectivity index (χ2v) is 9.26. The first-order valence-electron chi connectivity index (χ1n) is 8.12. The third-order valence-corrected chi connectivity index (χ3v) is 7.38. The first kappa shape index (κ1) is 19.5. The van der Waals surface area contributed by atoms with E-state index in [0.29, 0.717) is 21.8 Å². The molecule has 3 rings (SSSR count). The van der Waals surface area contributed by atoms with Crippen LogP contribution in [0.4, 0.5) is 0 Å². The summed E-state index contributed by atoms with van der Waals surface area (Å²) < 4.78 is 17.9. The largest absolute Gasteiger partial charge is 0.493 e. The molecule has 1 fully saturated rings. The first-order chi connectivity index (χ1) is 12.6. The van der Waals surface area contributed by atoms with Crippen LogP contribution in [0.25, 0.3) is 0 Å². The number of thioether (sulfide) groups is 2. The standard InChI is InChI=1S/C19H19BrO4S2/c1-12(23-15-6-4-14(20)5-7-15)18(21)24-16-8-3-13(11-17(16)22-2)19-25-9-10-26-19/h3-8,11-12,19H,9-10H2,1-2H3. The summed E-state index contributed by atoms with van der Waals surface area (Å²) in [5, 5.41) is 0. The Morgan fingerprint density at radius 2 is 1.81 bits per heavy atom. The summed E-state index contributed by atoms with van der Waals surface area (Å²) in [4.78, 5) is 12.4. The van der Waals surface area contributed by atoms with E-state index in [0.717, 1.165) is 16.0 Å². The van der Waals surface area contributed by atoms with Gasteiger partial charge in [-0.15, -0.1) is 23.5 Å². The van der Waals surface area contributed by atoms with Gasteiger partial charge in [-0.1, -0.05) is 22.0 Å². The van der Waals surface area contributed by atoms with Crippen LogP contribution in [0.15, 0.2) is 46.9 Å². The van der Waals surface area contributed by atoms with E-state index >= 15 is 0 Å². The van der Waals surface area contributed by atoms with E-state index in [9.17, 15) is 4.79 Å². The van der Waals surface area contributed by atoms with E-state index in [4.69, 9.17) is 14.2 Å². The fraction of sp³-hybridized carbons (Fsp3) is 0.316. The van der Waals surface area contributed by atoms with Gasteiger partial charge in [0.1, 0.15) is 5.75 Å². The van der Waals surface area contributed by atoms with E-state index in [-0.39, 0.29) is 0 Å². The minimum Gasteiger partial charge on any atom is -0.493 e. The summed E-state index contributed by atoms with van der Waals surface area (Å²) in [5.74, 6) is 3.40. The Bertz CT molecular complexity index is 761. The Balaban J connectivity index is 1.66. The summed E-state index contributed by atoms with van der Waals surface area (Å²) in [6, 6.07) is 13.0. The van der Waals surface area contributed by atoms with Gasteiger partial charge in [-0.25, -0.2) is 4.79 Å². The topological polar surface area (TPSA) is 44.8 Å². The highest BCUT2D eigenvalue weighted by Gasteiger charge is 2.22. The molecule has 2 aromatic carbocycles. The monoisotopic (exact) mass is 454 g/mol. The van der Waals surface area contributed by atoms with Gasteiger partial charge in [0.05, 0.1) is 11.7 Å². The lowest BCUT2D eigenvalue weighted by Gasteiger charge is -2.16. The van der Waals surface area contributed by atoms with Crippen molar-refractivity contribution in [2.24, 2.45) is 0 Å². The maximum Gasteiger partial charge on any atom is 0.352 e. The molecular weight excluding hydrogens is 436 g/mol. The number of esters is 1. The molecule has 138 valence electrons. The third kappa shape index (κ3) is 4.90. The van der Waals surface area contributed by atoms with E-state index in [1.54, 1.807) is 32.2 Å². The van der Waals surface area contributed by atoms with Gasteiger partial charge in [0.25, 0.3) is 0 Å². The van der Waals surface area contributed by atoms with Gasteiger partial charge in [0, 0.05) is 16.0 Å². The number of benzene rings is 2. The van der Waals surface area contributed by atoms with Crippen molar-refractivity contribution in [3.8, 4) is 17.2 Å². The van der Waals surface area contributed by atoms with Crippen LogP contribution in [-0.2, 0) is 4.79 Å². The number of hydrogen-bond acceptors (Lipinski definition) is 6. The first-order valence-corrected chi connectivity index (χ1v) is 11.0. The van der Waals surface area contributed by atoms with E-state index < -0.39 is 12.1 Å². The van der Waals surface area contributed by atoms with Crippen LogP contribution in [-0.4, -0.2) is 30.7 Å². The second-order valence-electron chi connectivity index (χ2n) is 5.62. The maximum atomic E-state index is 12.4. The molecule has 0 saturated carbocycles. The van der Waals surface area contributed by atoms with Gasteiger partial charge in [0.2, 0.25) is 0 Å². The fourth-order valence-corrected chi connectivity index (χ4v) is 5.53. The molecule has 0 radical (unpaired) electrons. The predicted molar refractivity (Wildman–Crippen MR) is 111 cm³/mol. The zero-order chi connectivity index (χ0) is 18.5. The van der Waals surface area contributed by atoms with Gasteiger partial charge < -0.3 is 14.2 Å². The van der Waals surface area contributed by atoms with Crippen LogP contribution in [0.2, 0.25) is 0 Å². The lowest BCUT2D eigenvalue weighted by atomic mass is 10.2. The van der Waals surface area contributed by atoms with Gasteiger partial charge in [-0.3, -0.25) is 0 Å². The van der Waals surface area contributed by atoms with Crippen LogP contribution in [0.1, 0.15) is 17.1 Å². The van der Waals surface area contributed by atoms with Crippen LogP contribution >= 0.6 is 39.5 Å². The molecule has 1 aliphatic rings. The molecular formula is C19H19BrO4S2. The minimum atomic E-state index is -0.735. The highest BCUT2D eigenvalue weighted by Crippen LogP contribution is 2.46. The van der Waals surface area contributed by atoms with Gasteiger partial charge in [-0.05, 0) is 48.9 Å². The number of methoxy groups -OCH3 is 1.